The Morgan fingerprint density at radius 3 is 2.49 bits per heavy atom. The number of thioether (sulfide) groups is 1. The van der Waals surface area contributed by atoms with Crippen LogP contribution in [0, 0.1) is 6.92 Å². The molecule has 2 heterocycles. The molecule has 0 aliphatic carbocycles. The summed E-state index contributed by atoms with van der Waals surface area (Å²) >= 11 is 1.89. The van der Waals surface area contributed by atoms with E-state index in [-0.39, 0.29) is 41.6 Å². The van der Waals surface area contributed by atoms with Crippen LogP contribution in [-0.2, 0) is 14.4 Å². The zero-order valence-corrected chi connectivity index (χ0v) is 27.5. The number of ketones is 1. The van der Waals surface area contributed by atoms with Crippen LogP contribution < -0.4 is 26.6 Å². The molecule has 43 heavy (non-hydrogen) atoms. The van der Waals surface area contributed by atoms with Crippen LogP contribution in [0.25, 0.3) is 0 Å². The van der Waals surface area contributed by atoms with Crippen molar-refractivity contribution in [3.8, 4) is 0 Å². The summed E-state index contributed by atoms with van der Waals surface area (Å²) in [5.74, 6) is 2.06. The number of unbranched alkanes of at least 4 members (excludes halogenated alkanes) is 2. The number of fused-ring (bicyclic) bond motifs is 1. The summed E-state index contributed by atoms with van der Waals surface area (Å²) in [4.78, 5) is 60.7. The van der Waals surface area contributed by atoms with E-state index in [1.807, 2.05) is 30.8 Å². The molecule has 2 aliphatic heterocycles. The fourth-order valence-corrected chi connectivity index (χ4v) is 8.46. The van der Waals surface area contributed by atoms with Crippen LogP contribution in [0.5, 0.6) is 0 Å². The molecule has 2 aliphatic rings. The summed E-state index contributed by atoms with van der Waals surface area (Å²) in [5.41, 5.74) is 1.55. The normalized spacial score (nSPS) is 19.6. The molecule has 4 unspecified atom stereocenters. The molecule has 5 amide bonds. The standard InChI is InChI=1S/C30H45N5O5S3/c1-20-10-12-22(13-11-20)28(38)33-23(29(39)32-16-18-43-42-17-14-21(2)36)7-5-6-15-31-26(37)9-4-3-8-25-27-24(19-41-25)34-30(40)35-27/h10-13,23-25,27H,3-9,14-19H2,1-2H3,(H,31,37)(H,32,39)(H,33,38)(H2,34,35,40). The van der Waals surface area contributed by atoms with Gasteiger partial charge in [-0.3, -0.25) is 19.2 Å². The molecular formula is C30H45N5O5S3. The SMILES string of the molecule is CC(=O)CCSSCCNC(=O)C(CCCCNC(=O)CCCCC1SCC2NC(=O)NC21)NC(=O)c1ccc(C)cc1. The molecule has 0 spiro atoms. The smallest absolute Gasteiger partial charge is 0.315 e. The minimum Gasteiger partial charge on any atom is -0.356 e. The van der Waals surface area contributed by atoms with Crippen LogP contribution >= 0.6 is 33.3 Å². The van der Waals surface area contributed by atoms with E-state index < -0.39 is 6.04 Å². The second-order valence-corrected chi connectivity index (χ2v) is 15.0. The van der Waals surface area contributed by atoms with E-state index in [0.29, 0.717) is 61.8 Å². The van der Waals surface area contributed by atoms with Crippen molar-refractivity contribution in [2.45, 2.75) is 88.6 Å². The minimum atomic E-state index is -0.673. The molecule has 2 saturated heterocycles. The number of urea groups is 1. The van der Waals surface area contributed by atoms with Gasteiger partial charge in [-0.25, -0.2) is 4.79 Å². The van der Waals surface area contributed by atoms with Gasteiger partial charge in [-0.15, -0.1) is 0 Å². The number of Topliss-reactive ketones (excluding diaryl/α,β-unsaturated/α-hetero) is 1. The van der Waals surface area contributed by atoms with Crippen molar-refractivity contribution in [3.05, 3.63) is 35.4 Å². The minimum absolute atomic E-state index is 0.0217. The number of carbonyl (C=O) groups is 5. The molecule has 1 aromatic rings. The van der Waals surface area contributed by atoms with E-state index >= 15 is 0 Å². The number of amides is 5. The molecule has 13 heteroatoms. The second-order valence-electron chi connectivity index (χ2n) is 11.0. The molecule has 5 N–H and O–H groups in total. The average molecular weight is 652 g/mol. The highest BCUT2D eigenvalue weighted by Gasteiger charge is 2.42. The Morgan fingerprint density at radius 1 is 0.953 bits per heavy atom. The molecule has 0 radical (unpaired) electrons. The van der Waals surface area contributed by atoms with Gasteiger partial charge in [-0.1, -0.05) is 45.7 Å². The van der Waals surface area contributed by atoms with Crippen molar-refractivity contribution in [1.29, 1.82) is 0 Å². The third-order valence-electron chi connectivity index (χ3n) is 7.36. The molecule has 4 atom stereocenters. The maximum atomic E-state index is 13.0. The van der Waals surface area contributed by atoms with Gasteiger partial charge in [0.2, 0.25) is 11.8 Å². The first-order valence-electron chi connectivity index (χ1n) is 15.1. The van der Waals surface area contributed by atoms with Crippen molar-refractivity contribution in [2.75, 3.05) is 30.3 Å². The summed E-state index contributed by atoms with van der Waals surface area (Å²) in [6, 6.07) is 6.89. The van der Waals surface area contributed by atoms with Crippen LogP contribution in [0.3, 0.4) is 0 Å². The van der Waals surface area contributed by atoms with Crippen LogP contribution in [0.4, 0.5) is 4.79 Å². The third-order valence-corrected chi connectivity index (χ3v) is 11.3. The Labute approximate surface area is 267 Å². The van der Waals surface area contributed by atoms with E-state index in [9.17, 15) is 24.0 Å². The van der Waals surface area contributed by atoms with Gasteiger partial charge < -0.3 is 26.6 Å². The highest BCUT2D eigenvalue weighted by molar-refractivity contribution is 8.76. The quantitative estimate of drug-likeness (QED) is 0.0818. The molecule has 0 saturated carbocycles. The Bertz CT molecular complexity index is 1090. The monoisotopic (exact) mass is 651 g/mol. The van der Waals surface area contributed by atoms with Gasteiger partial charge in [-0.05, 0) is 58.1 Å². The Balaban J connectivity index is 1.32. The Kier molecular flexibility index (Phi) is 15.6. The summed E-state index contributed by atoms with van der Waals surface area (Å²) in [6.45, 7) is 4.52. The topological polar surface area (TPSA) is 146 Å². The summed E-state index contributed by atoms with van der Waals surface area (Å²) in [6.07, 6.45) is 5.58. The number of nitrogens with one attached hydrogen (secondary N) is 5. The van der Waals surface area contributed by atoms with Gasteiger partial charge in [-0.2, -0.15) is 11.8 Å². The third kappa shape index (κ3) is 13.0. The maximum Gasteiger partial charge on any atom is 0.315 e. The van der Waals surface area contributed by atoms with Crippen LogP contribution in [-0.4, -0.2) is 83.3 Å². The predicted octanol–water partition coefficient (Wildman–Crippen LogP) is 3.58. The van der Waals surface area contributed by atoms with Crippen molar-refractivity contribution < 1.29 is 24.0 Å². The second kappa shape index (κ2) is 19.1. The first kappa shape index (κ1) is 35.1. The predicted molar refractivity (Wildman–Crippen MR) is 176 cm³/mol. The largest absolute Gasteiger partial charge is 0.356 e. The molecular weight excluding hydrogens is 607 g/mol. The van der Waals surface area contributed by atoms with Gasteiger partial charge in [0.15, 0.2) is 0 Å². The molecule has 1 aromatic carbocycles. The number of aryl methyl sites for hydroxylation is 1. The average Bonchev–Trinajstić information content (AvgIpc) is 3.53. The molecule has 10 nitrogen and oxygen atoms in total. The van der Waals surface area contributed by atoms with Crippen molar-refractivity contribution >= 4 is 62.9 Å². The van der Waals surface area contributed by atoms with Crippen molar-refractivity contribution in [2.24, 2.45) is 0 Å². The first-order chi connectivity index (χ1) is 20.7. The van der Waals surface area contributed by atoms with Crippen LogP contribution in [0.1, 0.15) is 74.2 Å². The molecule has 3 rings (SSSR count). The molecule has 0 bridgehead atoms. The van der Waals surface area contributed by atoms with E-state index in [4.69, 9.17) is 0 Å². The van der Waals surface area contributed by atoms with E-state index in [1.165, 1.54) is 0 Å². The fourth-order valence-electron chi connectivity index (χ4n) is 4.92. The summed E-state index contributed by atoms with van der Waals surface area (Å²) in [5, 5.41) is 15.1. The number of benzene rings is 1. The van der Waals surface area contributed by atoms with E-state index in [1.54, 1.807) is 40.6 Å². The Morgan fingerprint density at radius 2 is 1.72 bits per heavy atom. The number of rotatable bonds is 20. The van der Waals surface area contributed by atoms with E-state index in [2.05, 4.69) is 26.6 Å². The van der Waals surface area contributed by atoms with Crippen LogP contribution in [0.15, 0.2) is 24.3 Å². The maximum absolute atomic E-state index is 13.0. The highest BCUT2D eigenvalue weighted by Crippen LogP contribution is 2.33. The van der Waals surface area contributed by atoms with Gasteiger partial charge in [0.25, 0.3) is 5.91 Å². The zero-order chi connectivity index (χ0) is 31.0. The number of hydrogen-bond donors (Lipinski definition) is 5. The fraction of sp³-hybridized carbons (Fsp3) is 0.633. The first-order valence-corrected chi connectivity index (χ1v) is 18.6. The van der Waals surface area contributed by atoms with Gasteiger partial charge in [0.05, 0.1) is 12.1 Å². The van der Waals surface area contributed by atoms with Gasteiger partial charge >= 0.3 is 6.03 Å². The van der Waals surface area contributed by atoms with Crippen molar-refractivity contribution in [1.82, 2.24) is 26.6 Å². The lowest BCUT2D eigenvalue weighted by molar-refractivity contribution is -0.123. The van der Waals surface area contributed by atoms with Crippen molar-refractivity contribution in [3.63, 3.8) is 0 Å². The Hall–Kier alpha value is -2.38. The number of hydrogen-bond acceptors (Lipinski definition) is 8. The lowest BCUT2D eigenvalue weighted by Gasteiger charge is -2.19. The van der Waals surface area contributed by atoms with Gasteiger partial charge in [0.1, 0.15) is 11.8 Å². The molecule has 238 valence electrons. The lowest BCUT2D eigenvalue weighted by Crippen LogP contribution is -2.47. The van der Waals surface area contributed by atoms with E-state index in [0.717, 1.165) is 36.3 Å². The lowest BCUT2D eigenvalue weighted by atomic mass is 10.0. The van der Waals surface area contributed by atoms with Crippen LogP contribution in [0.2, 0.25) is 0 Å². The molecule has 2 fully saturated rings. The highest BCUT2D eigenvalue weighted by atomic mass is 33.1. The zero-order valence-electron chi connectivity index (χ0n) is 25.1. The molecule has 0 aromatic heterocycles. The summed E-state index contributed by atoms with van der Waals surface area (Å²) in [7, 11) is 3.22. The van der Waals surface area contributed by atoms with Gasteiger partial charge in [0, 0.05) is 54.0 Å². The number of carbonyl (C=O) groups excluding carboxylic acids is 5. The summed E-state index contributed by atoms with van der Waals surface area (Å²) < 4.78 is 0.